The molecule has 2 aromatic rings. The summed E-state index contributed by atoms with van der Waals surface area (Å²) in [7, 11) is -3.80. The van der Waals surface area contributed by atoms with Crippen molar-refractivity contribution in [2.45, 2.75) is 38.1 Å². The first-order valence-corrected chi connectivity index (χ1v) is 10.8. The van der Waals surface area contributed by atoms with Crippen molar-refractivity contribution in [1.82, 2.24) is 14.2 Å². The molecule has 1 saturated heterocycles. The van der Waals surface area contributed by atoms with Gasteiger partial charge >= 0.3 is 0 Å². The lowest BCUT2D eigenvalue weighted by Crippen LogP contribution is -2.58. The summed E-state index contributed by atoms with van der Waals surface area (Å²) in [5, 5.41) is 9.15. The Labute approximate surface area is 170 Å². The Balaban J connectivity index is 1.78. The molecule has 4 rings (SSSR count). The van der Waals surface area contributed by atoms with E-state index in [1.165, 1.54) is 4.31 Å². The van der Waals surface area contributed by atoms with Crippen LogP contribution in [0, 0.1) is 32.1 Å². The summed E-state index contributed by atoms with van der Waals surface area (Å²) in [5.41, 5.74) is 2.69. The van der Waals surface area contributed by atoms with E-state index >= 15 is 0 Å². The third-order valence-corrected chi connectivity index (χ3v) is 8.01. The highest BCUT2D eigenvalue weighted by molar-refractivity contribution is 7.89. The molecule has 1 unspecified atom stereocenters. The number of hydrogen-bond donors (Lipinski definition) is 0. The summed E-state index contributed by atoms with van der Waals surface area (Å²) in [6.07, 6.45) is 0. The molecule has 3 heterocycles. The minimum Gasteiger partial charge on any atom is -0.325 e. The second-order valence-corrected chi connectivity index (χ2v) is 9.84. The lowest BCUT2D eigenvalue weighted by molar-refractivity contribution is 0.0365. The van der Waals surface area contributed by atoms with E-state index in [1.54, 1.807) is 43.0 Å². The van der Waals surface area contributed by atoms with Crippen LogP contribution in [0.4, 0.5) is 0 Å². The van der Waals surface area contributed by atoms with Gasteiger partial charge in [-0.3, -0.25) is 9.78 Å². The molecule has 0 radical (unpaired) electrons. The van der Waals surface area contributed by atoms with Crippen LogP contribution >= 0.6 is 0 Å². The molecule has 8 heteroatoms. The number of aromatic nitrogens is 1. The summed E-state index contributed by atoms with van der Waals surface area (Å²) in [5.74, 6) is -0.0993. The van der Waals surface area contributed by atoms with Crippen molar-refractivity contribution in [3.63, 3.8) is 0 Å². The first-order valence-electron chi connectivity index (χ1n) is 9.41. The van der Waals surface area contributed by atoms with Crippen molar-refractivity contribution in [3.8, 4) is 6.07 Å². The number of rotatable bonds is 2. The highest BCUT2D eigenvalue weighted by Gasteiger charge is 2.52. The van der Waals surface area contributed by atoms with E-state index in [4.69, 9.17) is 5.26 Å². The normalized spacial score (nSPS) is 21.6. The fraction of sp³-hybridized carbons (Fsp3) is 0.381. The molecule has 2 aliphatic rings. The SMILES string of the molecule is Cc1ccc2c(n1)C1(C)CN(S(=O)(=O)c3c(C)cc(C#N)cc3C)CCN1C2=O. The van der Waals surface area contributed by atoms with Gasteiger partial charge in [-0.1, -0.05) is 0 Å². The number of amides is 1. The Hall–Kier alpha value is -2.76. The molecule has 150 valence electrons. The van der Waals surface area contributed by atoms with Crippen LogP contribution in [0.2, 0.25) is 0 Å². The van der Waals surface area contributed by atoms with E-state index < -0.39 is 15.6 Å². The van der Waals surface area contributed by atoms with Crippen LogP contribution in [0.5, 0.6) is 0 Å². The number of aryl methyl sites for hydroxylation is 3. The van der Waals surface area contributed by atoms with Gasteiger partial charge in [0, 0.05) is 25.3 Å². The molecule has 1 atom stereocenters. The van der Waals surface area contributed by atoms with Gasteiger partial charge < -0.3 is 4.90 Å². The second-order valence-electron chi connectivity index (χ2n) is 7.97. The van der Waals surface area contributed by atoms with E-state index in [2.05, 4.69) is 11.1 Å². The summed E-state index contributed by atoms with van der Waals surface area (Å²) >= 11 is 0. The molecule has 1 amide bonds. The van der Waals surface area contributed by atoms with Crippen molar-refractivity contribution >= 4 is 15.9 Å². The largest absolute Gasteiger partial charge is 0.325 e. The summed E-state index contributed by atoms with van der Waals surface area (Å²) in [6.45, 7) is 7.81. The van der Waals surface area contributed by atoms with Crippen LogP contribution in [0.1, 0.15) is 45.4 Å². The lowest BCUT2D eigenvalue weighted by Gasteiger charge is -2.44. The molecule has 1 fully saturated rings. The number of piperazine rings is 1. The number of carbonyl (C=O) groups is 1. The second kappa shape index (κ2) is 6.37. The number of pyridine rings is 1. The average Bonchev–Trinajstić information content (AvgIpc) is 2.87. The van der Waals surface area contributed by atoms with Crippen LogP contribution < -0.4 is 0 Å². The number of fused-ring (bicyclic) bond motifs is 3. The first kappa shape index (κ1) is 19.6. The zero-order chi connectivity index (χ0) is 21.1. The van der Waals surface area contributed by atoms with E-state index in [0.29, 0.717) is 34.5 Å². The predicted octanol–water partition coefficient (Wildman–Crippen LogP) is 2.25. The molecule has 7 nitrogen and oxygen atoms in total. The van der Waals surface area contributed by atoms with E-state index in [-0.39, 0.29) is 23.9 Å². The van der Waals surface area contributed by atoms with Gasteiger partial charge in [0.2, 0.25) is 10.0 Å². The molecule has 1 aromatic heterocycles. The number of hydrogen-bond acceptors (Lipinski definition) is 5. The Kier molecular flexibility index (Phi) is 4.30. The molecule has 0 spiro atoms. The topological polar surface area (TPSA) is 94.4 Å². The molecule has 0 saturated carbocycles. The molecule has 1 aromatic carbocycles. The molecule has 0 aliphatic carbocycles. The highest BCUT2D eigenvalue weighted by atomic mass is 32.2. The molecular formula is C21H22N4O3S. The molecule has 29 heavy (non-hydrogen) atoms. The molecular weight excluding hydrogens is 388 g/mol. The van der Waals surface area contributed by atoms with Gasteiger partial charge in [-0.2, -0.15) is 9.57 Å². The number of carbonyl (C=O) groups excluding carboxylic acids is 1. The van der Waals surface area contributed by atoms with Crippen LogP contribution in [0.25, 0.3) is 0 Å². The van der Waals surface area contributed by atoms with Gasteiger partial charge in [0.25, 0.3) is 5.91 Å². The minimum atomic E-state index is -3.80. The third-order valence-electron chi connectivity index (χ3n) is 5.86. The standard InChI is InChI=1S/C21H22N4O3S/c1-13-9-16(11-22)10-14(2)18(13)29(27,28)24-7-8-25-20(26)17-6-5-15(3)23-19(17)21(25,4)12-24/h5-6,9-10H,7-8,12H2,1-4H3. The van der Waals surface area contributed by atoms with Crippen LogP contribution in [-0.4, -0.2) is 48.1 Å². The quantitative estimate of drug-likeness (QED) is 0.757. The summed E-state index contributed by atoms with van der Waals surface area (Å²) in [6, 6.07) is 8.83. The summed E-state index contributed by atoms with van der Waals surface area (Å²) in [4.78, 5) is 19.4. The number of benzene rings is 1. The van der Waals surface area contributed by atoms with Crippen LogP contribution in [-0.2, 0) is 15.6 Å². The Bertz CT molecular complexity index is 1180. The monoisotopic (exact) mass is 410 g/mol. The van der Waals surface area contributed by atoms with Crippen molar-refractivity contribution in [2.24, 2.45) is 0 Å². The van der Waals surface area contributed by atoms with E-state index in [0.717, 1.165) is 5.69 Å². The van der Waals surface area contributed by atoms with Gasteiger partial charge in [-0.05, 0) is 63.1 Å². The maximum Gasteiger partial charge on any atom is 0.256 e. The zero-order valence-corrected chi connectivity index (χ0v) is 17.7. The van der Waals surface area contributed by atoms with E-state index in [1.807, 2.05) is 13.8 Å². The minimum absolute atomic E-state index is 0.0993. The Morgan fingerprint density at radius 1 is 1.14 bits per heavy atom. The predicted molar refractivity (Wildman–Crippen MR) is 107 cm³/mol. The molecule has 0 N–H and O–H groups in total. The zero-order valence-electron chi connectivity index (χ0n) is 16.9. The Morgan fingerprint density at radius 3 is 2.41 bits per heavy atom. The van der Waals surface area contributed by atoms with Gasteiger partial charge in [-0.15, -0.1) is 0 Å². The van der Waals surface area contributed by atoms with Gasteiger partial charge in [0.1, 0.15) is 0 Å². The molecule has 0 bridgehead atoms. The smallest absolute Gasteiger partial charge is 0.256 e. The summed E-state index contributed by atoms with van der Waals surface area (Å²) < 4.78 is 28.5. The van der Waals surface area contributed by atoms with Crippen LogP contribution in [0.15, 0.2) is 29.2 Å². The van der Waals surface area contributed by atoms with Crippen molar-refractivity contribution in [1.29, 1.82) is 5.26 Å². The highest BCUT2D eigenvalue weighted by Crippen LogP contribution is 2.42. The van der Waals surface area contributed by atoms with Gasteiger partial charge in [0.05, 0.1) is 33.3 Å². The van der Waals surface area contributed by atoms with Crippen LogP contribution in [0.3, 0.4) is 0 Å². The fourth-order valence-electron chi connectivity index (χ4n) is 4.54. The van der Waals surface area contributed by atoms with Crippen molar-refractivity contribution in [2.75, 3.05) is 19.6 Å². The molecule has 2 aliphatic heterocycles. The maximum absolute atomic E-state index is 13.5. The van der Waals surface area contributed by atoms with Crippen molar-refractivity contribution < 1.29 is 13.2 Å². The number of sulfonamides is 1. The Morgan fingerprint density at radius 2 is 1.79 bits per heavy atom. The van der Waals surface area contributed by atoms with E-state index in [9.17, 15) is 13.2 Å². The average molecular weight is 410 g/mol. The third kappa shape index (κ3) is 2.76. The first-order chi connectivity index (χ1) is 13.6. The van der Waals surface area contributed by atoms with Gasteiger partial charge in [-0.25, -0.2) is 8.42 Å². The fourth-order valence-corrected chi connectivity index (χ4v) is 6.47. The number of nitriles is 1. The lowest BCUT2D eigenvalue weighted by atomic mass is 9.95. The van der Waals surface area contributed by atoms with Gasteiger partial charge in [0.15, 0.2) is 0 Å². The maximum atomic E-state index is 13.5. The number of nitrogens with zero attached hydrogens (tertiary/aromatic N) is 4. The van der Waals surface area contributed by atoms with Crippen molar-refractivity contribution in [3.05, 3.63) is 57.9 Å².